The Hall–Kier alpha value is -1.41. The summed E-state index contributed by atoms with van der Waals surface area (Å²) in [7, 11) is 3.25. The molecule has 0 aromatic carbocycles. The van der Waals surface area contributed by atoms with Crippen molar-refractivity contribution in [2.75, 3.05) is 14.1 Å². The second-order valence-electron chi connectivity index (χ2n) is 2.85. The molecule has 7 nitrogen and oxygen atoms in total. The molecular formula is C7H10ClN5O2S. The van der Waals surface area contributed by atoms with Crippen molar-refractivity contribution in [1.82, 2.24) is 15.2 Å². The monoisotopic (exact) mass is 263 g/mol. The van der Waals surface area contributed by atoms with Gasteiger partial charge in [-0.3, -0.25) is 0 Å². The maximum absolute atomic E-state index is 10.3. The average Bonchev–Trinajstić information content (AvgIpc) is 2.60. The fraction of sp³-hybridized carbons (Fsp3) is 0.429. The van der Waals surface area contributed by atoms with Crippen molar-refractivity contribution >= 4 is 28.9 Å². The topological polar surface area (TPSA) is 83.7 Å². The smallest absolute Gasteiger partial charge is 0.271 e. The Morgan fingerprint density at radius 3 is 3.00 bits per heavy atom. The third-order valence-electron chi connectivity index (χ3n) is 1.68. The van der Waals surface area contributed by atoms with Crippen LogP contribution in [0, 0.1) is 10.1 Å². The van der Waals surface area contributed by atoms with Crippen molar-refractivity contribution in [2.24, 2.45) is 5.10 Å². The SMILES string of the molecule is CN/C(=N\[N+](=O)[O-])N(C)Cc1cnc(Cl)s1. The number of nitrogens with one attached hydrogen (secondary N) is 1. The van der Waals surface area contributed by atoms with Crippen LogP contribution in [0.15, 0.2) is 11.3 Å². The number of rotatable bonds is 3. The first kappa shape index (κ1) is 12.7. The van der Waals surface area contributed by atoms with E-state index in [1.807, 2.05) is 0 Å². The van der Waals surface area contributed by atoms with Crippen molar-refractivity contribution in [3.05, 3.63) is 25.7 Å². The molecule has 9 heteroatoms. The van der Waals surface area contributed by atoms with Crippen LogP contribution >= 0.6 is 22.9 Å². The van der Waals surface area contributed by atoms with Gasteiger partial charge in [0.15, 0.2) is 9.50 Å². The van der Waals surface area contributed by atoms with Crippen LogP contribution < -0.4 is 5.32 Å². The molecule has 1 aromatic rings. The summed E-state index contributed by atoms with van der Waals surface area (Å²) in [6, 6.07) is 0. The average molecular weight is 264 g/mol. The van der Waals surface area contributed by atoms with Gasteiger partial charge >= 0.3 is 0 Å². The Balaban J connectivity index is 2.70. The van der Waals surface area contributed by atoms with Gasteiger partial charge in [-0.1, -0.05) is 11.6 Å². The number of hydrazone groups is 1. The number of aromatic nitrogens is 1. The Morgan fingerprint density at radius 2 is 2.56 bits per heavy atom. The van der Waals surface area contributed by atoms with Gasteiger partial charge < -0.3 is 10.2 Å². The number of thiazole rings is 1. The van der Waals surface area contributed by atoms with Gasteiger partial charge in [-0.25, -0.2) is 15.1 Å². The van der Waals surface area contributed by atoms with Crippen LogP contribution in [0.25, 0.3) is 0 Å². The highest BCUT2D eigenvalue weighted by Gasteiger charge is 2.11. The Kier molecular flexibility index (Phi) is 4.44. The van der Waals surface area contributed by atoms with Gasteiger partial charge in [0.1, 0.15) is 5.10 Å². The second-order valence-corrected chi connectivity index (χ2v) is 4.54. The second kappa shape index (κ2) is 5.61. The van der Waals surface area contributed by atoms with Crippen molar-refractivity contribution in [2.45, 2.75) is 6.54 Å². The van der Waals surface area contributed by atoms with Crippen LogP contribution in [0.3, 0.4) is 0 Å². The normalized spacial score (nSPS) is 11.3. The predicted molar refractivity (Wildman–Crippen MR) is 62.1 cm³/mol. The maximum Gasteiger partial charge on any atom is 0.271 e. The molecule has 16 heavy (non-hydrogen) atoms. The molecule has 0 radical (unpaired) electrons. The first-order valence-corrected chi connectivity index (χ1v) is 5.44. The minimum Gasteiger partial charge on any atom is -0.354 e. The number of nitro groups is 1. The van der Waals surface area contributed by atoms with Crippen LogP contribution in [0.5, 0.6) is 0 Å². The van der Waals surface area contributed by atoms with Gasteiger partial charge in [0, 0.05) is 25.2 Å². The third kappa shape index (κ3) is 3.63. The molecular weight excluding hydrogens is 254 g/mol. The molecule has 0 amide bonds. The molecule has 1 heterocycles. The van der Waals surface area contributed by atoms with E-state index in [-0.39, 0.29) is 5.96 Å². The van der Waals surface area contributed by atoms with Crippen molar-refractivity contribution < 1.29 is 5.03 Å². The molecule has 1 rings (SSSR count). The summed E-state index contributed by atoms with van der Waals surface area (Å²) in [6.45, 7) is 0.456. The summed E-state index contributed by atoms with van der Waals surface area (Å²) >= 11 is 7.00. The Bertz CT molecular complexity index is 407. The number of hydrogen-bond acceptors (Lipinski definition) is 4. The third-order valence-corrected chi connectivity index (χ3v) is 2.78. The Morgan fingerprint density at radius 1 is 1.88 bits per heavy atom. The molecule has 0 saturated carbocycles. The molecule has 0 aliphatic heterocycles. The van der Waals surface area contributed by atoms with Crippen molar-refractivity contribution in [3.63, 3.8) is 0 Å². The van der Waals surface area contributed by atoms with E-state index in [1.54, 1.807) is 25.2 Å². The first-order valence-electron chi connectivity index (χ1n) is 4.25. The lowest BCUT2D eigenvalue weighted by Gasteiger charge is -2.16. The minimum absolute atomic E-state index is 0.175. The van der Waals surface area contributed by atoms with E-state index in [1.165, 1.54) is 11.3 Å². The molecule has 0 aliphatic carbocycles. The van der Waals surface area contributed by atoms with E-state index < -0.39 is 5.03 Å². The molecule has 0 bridgehead atoms. The van der Waals surface area contributed by atoms with Crippen LogP contribution in [-0.4, -0.2) is 35.0 Å². The summed E-state index contributed by atoms with van der Waals surface area (Å²) < 4.78 is 0.445. The summed E-state index contributed by atoms with van der Waals surface area (Å²) in [5, 5.41) is 15.4. The van der Waals surface area contributed by atoms with E-state index in [9.17, 15) is 10.1 Å². The van der Waals surface area contributed by atoms with E-state index in [0.29, 0.717) is 11.0 Å². The molecule has 0 unspecified atom stereocenters. The predicted octanol–water partition coefficient (Wildman–Crippen LogP) is 0.995. The zero-order valence-electron chi connectivity index (χ0n) is 8.68. The molecule has 0 fully saturated rings. The van der Waals surface area contributed by atoms with Crippen LogP contribution in [0.2, 0.25) is 4.47 Å². The van der Waals surface area contributed by atoms with Gasteiger partial charge in [0.25, 0.3) is 5.96 Å². The molecule has 88 valence electrons. The zero-order chi connectivity index (χ0) is 12.1. The van der Waals surface area contributed by atoms with Crippen molar-refractivity contribution in [1.29, 1.82) is 0 Å². The molecule has 0 aliphatic rings. The highest BCUT2D eigenvalue weighted by Crippen LogP contribution is 2.18. The lowest BCUT2D eigenvalue weighted by molar-refractivity contribution is -0.485. The molecule has 0 atom stereocenters. The summed E-state index contributed by atoms with van der Waals surface area (Å²) in [5.74, 6) is 0.175. The fourth-order valence-corrected chi connectivity index (χ4v) is 2.09. The lowest BCUT2D eigenvalue weighted by atomic mass is 10.5. The Labute approximate surface area is 101 Å². The lowest BCUT2D eigenvalue weighted by Crippen LogP contribution is -2.36. The van der Waals surface area contributed by atoms with Gasteiger partial charge in [0.05, 0.1) is 6.54 Å². The van der Waals surface area contributed by atoms with Crippen LogP contribution in [0.4, 0.5) is 0 Å². The fourth-order valence-electron chi connectivity index (χ4n) is 1.06. The highest BCUT2D eigenvalue weighted by atomic mass is 35.5. The van der Waals surface area contributed by atoms with Gasteiger partial charge in [0.2, 0.25) is 0 Å². The first-order chi connectivity index (χ1) is 7.52. The number of hydrogen-bond donors (Lipinski definition) is 1. The van der Waals surface area contributed by atoms with Gasteiger partial charge in [-0.05, 0) is 0 Å². The molecule has 1 N–H and O–H groups in total. The highest BCUT2D eigenvalue weighted by molar-refractivity contribution is 7.15. The zero-order valence-corrected chi connectivity index (χ0v) is 10.2. The maximum atomic E-state index is 10.3. The van der Waals surface area contributed by atoms with E-state index in [2.05, 4.69) is 15.4 Å². The summed E-state index contributed by atoms with van der Waals surface area (Å²) in [5.41, 5.74) is 0. The number of guanidine groups is 1. The van der Waals surface area contributed by atoms with E-state index in [0.717, 1.165) is 4.88 Å². The number of halogens is 1. The van der Waals surface area contributed by atoms with Gasteiger partial charge in [-0.2, -0.15) is 0 Å². The molecule has 1 aromatic heterocycles. The minimum atomic E-state index is -0.748. The molecule has 0 saturated heterocycles. The van der Waals surface area contributed by atoms with Crippen LogP contribution in [0.1, 0.15) is 4.88 Å². The largest absolute Gasteiger partial charge is 0.354 e. The van der Waals surface area contributed by atoms with Gasteiger partial charge in [-0.15, -0.1) is 11.3 Å². The number of nitrogens with zero attached hydrogens (tertiary/aromatic N) is 4. The standard InChI is InChI=1S/C7H10ClN5O2S/c1-9-7(11-13(14)15)12(2)4-5-3-10-6(8)16-5/h3H,4H2,1-2H3,(H,9,11). The van der Waals surface area contributed by atoms with E-state index in [4.69, 9.17) is 11.6 Å². The summed E-state index contributed by atoms with van der Waals surface area (Å²) in [4.78, 5) is 16.6. The van der Waals surface area contributed by atoms with E-state index >= 15 is 0 Å². The summed E-state index contributed by atoms with van der Waals surface area (Å²) in [6.07, 6.45) is 1.63. The quantitative estimate of drug-likeness (QED) is 0.381. The molecule has 0 spiro atoms. The van der Waals surface area contributed by atoms with Crippen LogP contribution in [-0.2, 0) is 6.54 Å². The van der Waals surface area contributed by atoms with Crippen molar-refractivity contribution in [3.8, 4) is 0 Å².